The molecule has 0 amide bonds. The molecule has 0 aliphatic rings. The highest BCUT2D eigenvalue weighted by Crippen LogP contribution is 2.18. The van der Waals surface area contributed by atoms with Crippen molar-refractivity contribution in [2.75, 3.05) is 0 Å². The van der Waals surface area contributed by atoms with Crippen molar-refractivity contribution < 1.29 is 18.7 Å². The molecular weight excluding hydrogens is 204 g/mol. The predicted molar refractivity (Wildman–Crippen MR) is 49.7 cm³/mol. The fourth-order valence-electron chi connectivity index (χ4n) is 1.18. The van der Waals surface area contributed by atoms with Gasteiger partial charge in [0, 0.05) is 6.20 Å². The molecule has 0 spiro atoms. The van der Waals surface area contributed by atoms with E-state index in [4.69, 9.17) is 5.11 Å². The van der Waals surface area contributed by atoms with Crippen molar-refractivity contribution in [3.63, 3.8) is 0 Å². The lowest BCUT2D eigenvalue weighted by molar-refractivity contribution is -0.141. The van der Waals surface area contributed by atoms with Crippen LogP contribution in [-0.2, 0) is 11.2 Å². The van der Waals surface area contributed by atoms with E-state index in [0.29, 0.717) is 5.56 Å². The molecule has 1 aromatic rings. The van der Waals surface area contributed by atoms with E-state index in [0.717, 1.165) is 0 Å². The molecular formula is C10H11F2NO2. The molecule has 1 N–H and O–H groups in total. The van der Waals surface area contributed by atoms with E-state index in [9.17, 15) is 13.6 Å². The number of carboxylic acid groups (broad SMARTS) is 1. The fourth-order valence-corrected chi connectivity index (χ4v) is 1.18. The second-order valence-electron chi connectivity index (χ2n) is 3.33. The molecule has 1 atom stereocenters. The normalized spacial score (nSPS) is 12.8. The Kier molecular flexibility index (Phi) is 3.71. The highest BCUT2D eigenvalue weighted by Gasteiger charge is 2.14. The molecule has 82 valence electrons. The van der Waals surface area contributed by atoms with Crippen molar-refractivity contribution in [1.82, 2.24) is 4.98 Å². The van der Waals surface area contributed by atoms with Crippen molar-refractivity contribution in [1.29, 1.82) is 0 Å². The summed E-state index contributed by atoms with van der Waals surface area (Å²) < 4.78 is 24.5. The molecule has 0 aliphatic heterocycles. The monoisotopic (exact) mass is 215 g/mol. The molecule has 0 aromatic carbocycles. The molecule has 1 aromatic heterocycles. The van der Waals surface area contributed by atoms with Crippen LogP contribution in [0.5, 0.6) is 0 Å². The third kappa shape index (κ3) is 3.27. The molecule has 0 saturated heterocycles. The summed E-state index contributed by atoms with van der Waals surface area (Å²) in [7, 11) is 0. The maximum absolute atomic E-state index is 12.3. The first-order valence-corrected chi connectivity index (χ1v) is 4.46. The van der Waals surface area contributed by atoms with Gasteiger partial charge in [-0.2, -0.15) is 0 Å². The zero-order chi connectivity index (χ0) is 11.4. The lowest BCUT2D eigenvalue weighted by Gasteiger charge is -2.07. The van der Waals surface area contributed by atoms with Crippen molar-refractivity contribution in [2.45, 2.75) is 19.8 Å². The standard InChI is InChI=1S/C10H11F2NO2/c1-6(10(14)15)4-7-2-3-13-8(5-7)9(11)12/h2-3,5-6,9H,4H2,1H3,(H,14,15). The number of carboxylic acids is 1. The van der Waals surface area contributed by atoms with E-state index < -0.39 is 18.3 Å². The Bertz CT molecular complexity index is 355. The summed E-state index contributed by atoms with van der Waals surface area (Å²) in [5.74, 6) is -1.52. The van der Waals surface area contributed by atoms with Gasteiger partial charge in [-0.1, -0.05) is 6.92 Å². The summed E-state index contributed by atoms with van der Waals surface area (Å²) in [6.45, 7) is 1.53. The summed E-state index contributed by atoms with van der Waals surface area (Å²) in [6.07, 6.45) is -1.12. The van der Waals surface area contributed by atoms with Crippen molar-refractivity contribution in [3.05, 3.63) is 29.6 Å². The lowest BCUT2D eigenvalue weighted by Crippen LogP contribution is -2.12. The third-order valence-electron chi connectivity index (χ3n) is 2.03. The van der Waals surface area contributed by atoms with Crippen molar-refractivity contribution in [3.8, 4) is 0 Å². The van der Waals surface area contributed by atoms with Gasteiger partial charge in [0.1, 0.15) is 5.69 Å². The Morgan fingerprint density at radius 2 is 2.27 bits per heavy atom. The van der Waals surface area contributed by atoms with Gasteiger partial charge in [0.25, 0.3) is 6.43 Å². The van der Waals surface area contributed by atoms with E-state index >= 15 is 0 Å². The summed E-state index contributed by atoms with van der Waals surface area (Å²) in [4.78, 5) is 14.1. The van der Waals surface area contributed by atoms with Crippen LogP contribution in [0.3, 0.4) is 0 Å². The molecule has 0 radical (unpaired) electrons. The fraction of sp³-hybridized carbons (Fsp3) is 0.400. The van der Waals surface area contributed by atoms with Crippen LogP contribution >= 0.6 is 0 Å². The number of aliphatic carboxylic acids is 1. The van der Waals surface area contributed by atoms with Crippen LogP contribution in [0.1, 0.15) is 24.6 Å². The maximum Gasteiger partial charge on any atom is 0.306 e. The SMILES string of the molecule is CC(Cc1ccnc(C(F)F)c1)C(=O)O. The molecule has 0 saturated carbocycles. The quantitative estimate of drug-likeness (QED) is 0.838. The van der Waals surface area contributed by atoms with Gasteiger partial charge < -0.3 is 5.11 Å². The highest BCUT2D eigenvalue weighted by molar-refractivity contribution is 5.69. The van der Waals surface area contributed by atoms with E-state index in [2.05, 4.69) is 4.98 Å². The van der Waals surface area contributed by atoms with Crippen molar-refractivity contribution in [2.24, 2.45) is 5.92 Å². The smallest absolute Gasteiger partial charge is 0.306 e. The molecule has 0 bridgehead atoms. The number of hydrogen-bond acceptors (Lipinski definition) is 2. The van der Waals surface area contributed by atoms with E-state index in [-0.39, 0.29) is 12.1 Å². The first kappa shape index (κ1) is 11.6. The average molecular weight is 215 g/mol. The number of aromatic nitrogens is 1. The molecule has 1 unspecified atom stereocenters. The summed E-state index contributed by atoms with van der Waals surface area (Å²) in [5, 5.41) is 8.66. The Morgan fingerprint density at radius 1 is 1.60 bits per heavy atom. The molecule has 3 nitrogen and oxygen atoms in total. The van der Waals surface area contributed by atoms with E-state index in [1.54, 1.807) is 6.07 Å². The second-order valence-corrected chi connectivity index (χ2v) is 3.33. The second kappa shape index (κ2) is 4.82. The Morgan fingerprint density at radius 3 is 2.80 bits per heavy atom. The molecule has 0 fully saturated rings. The zero-order valence-corrected chi connectivity index (χ0v) is 8.15. The summed E-state index contributed by atoms with van der Waals surface area (Å²) in [5.41, 5.74) is 0.250. The van der Waals surface area contributed by atoms with E-state index in [1.165, 1.54) is 19.2 Å². The number of carbonyl (C=O) groups is 1. The number of rotatable bonds is 4. The Labute approximate surface area is 85.8 Å². The number of alkyl halides is 2. The highest BCUT2D eigenvalue weighted by atomic mass is 19.3. The summed E-state index contributed by atoms with van der Waals surface area (Å²) >= 11 is 0. The van der Waals surface area contributed by atoms with Gasteiger partial charge in [0.2, 0.25) is 0 Å². The van der Waals surface area contributed by atoms with Crippen LogP contribution in [0.25, 0.3) is 0 Å². The van der Waals surface area contributed by atoms with Crippen LogP contribution < -0.4 is 0 Å². The molecule has 5 heteroatoms. The van der Waals surface area contributed by atoms with E-state index in [1.807, 2.05) is 0 Å². The molecule has 1 rings (SSSR count). The van der Waals surface area contributed by atoms with Gasteiger partial charge in [-0.15, -0.1) is 0 Å². The summed E-state index contributed by atoms with van der Waals surface area (Å²) in [6, 6.07) is 2.79. The topological polar surface area (TPSA) is 50.2 Å². The largest absolute Gasteiger partial charge is 0.481 e. The van der Waals surface area contributed by atoms with Crippen LogP contribution in [-0.4, -0.2) is 16.1 Å². The van der Waals surface area contributed by atoms with Gasteiger partial charge in [-0.3, -0.25) is 9.78 Å². The van der Waals surface area contributed by atoms with Crippen LogP contribution in [0, 0.1) is 5.92 Å². The minimum atomic E-state index is -2.62. The maximum atomic E-state index is 12.3. The van der Waals surface area contributed by atoms with Gasteiger partial charge in [-0.25, -0.2) is 8.78 Å². The minimum Gasteiger partial charge on any atom is -0.481 e. The first-order valence-electron chi connectivity index (χ1n) is 4.46. The van der Waals surface area contributed by atoms with Crippen LogP contribution in [0.4, 0.5) is 8.78 Å². The number of hydrogen-bond donors (Lipinski definition) is 1. The minimum absolute atomic E-state index is 0.234. The number of nitrogens with zero attached hydrogens (tertiary/aromatic N) is 1. The van der Waals surface area contributed by atoms with Gasteiger partial charge in [-0.05, 0) is 24.1 Å². The van der Waals surface area contributed by atoms with Gasteiger partial charge in [0.05, 0.1) is 5.92 Å². The molecule has 1 heterocycles. The number of halogens is 2. The number of pyridine rings is 1. The Hall–Kier alpha value is -1.52. The molecule has 15 heavy (non-hydrogen) atoms. The van der Waals surface area contributed by atoms with Crippen LogP contribution in [0.15, 0.2) is 18.3 Å². The lowest BCUT2D eigenvalue weighted by atomic mass is 10.0. The zero-order valence-electron chi connectivity index (χ0n) is 8.15. The Balaban J connectivity index is 2.78. The third-order valence-corrected chi connectivity index (χ3v) is 2.03. The van der Waals surface area contributed by atoms with Crippen LogP contribution in [0.2, 0.25) is 0 Å². The first-order chi connectivity index (χ1) is 7.00. The van der Waals surface area contributed by atoms with Gasteiger partial charge >= 0.3 is 5.97 Å². The average Bonchev–Trinajstić information content (AvgIpc) is 2.18. The van der Waals surface area contributed by atoms with Gasteiger partial charge in [0.15, 0.2) is 0 Å². The van der Waals surface area contributed by atoms with Crippen molar-refractivity contribution >= 4 is 5.97 Å². The predicted octanol–water partition coefficient (Wildman–Crippen LogP) is 2.28. The molecule has 0 aliphatic carbocycles.